The van der Waals surface area contributed by atoms with Crippen molar-refractivity contribution in [3.63, 3.8) is 0 Å². The fourth-order valence-electron chi connectivity index (χ4n) is 3.03. The molecule has 3 aliphatic rings. The highest BCUT2D eigenvalue weighted by molar-refractivity contribution is 4.97. The molecular formula is C14H25NO. The second-order valence-electron chi connectivity index (χ2n) is 6.50. The molecule has 1 saturated heterocycles. The number of hydrogen-bond donors (Lipinski definition) is 1. The number of nitrogens with one attached hydrogen (secondary N) is 1. The summed E-state index contributed by atoms with van der Waals surface area (Å²) in [6, 6.07) is 0.861. The van der Waals surface area contributed by atoms with Crippen molar-refractivity contribution in [3.8, 4) is 0 Å². The maximum atomic E-state index is 5.46. The average Bonchev–Trinajstić information content (AvgIpc) is 3.14. The van der Waals surface area contributed by atoms with Crippen LogP contribution in [-0.2, 0) is 4.74 Å². The van der Waals surface area contributed by atoms with E-state index in [2.05, 4.69) is 12.2 Å². The van der Waals surface area contributed by atoms with E-state index in [1.54, 1.807) is 0 Å². The van der Waals surface area contributed by atoms with E-state index < -0.39 is 0 Å². The van der Waals surface area contributed by atoms with Crippen LogP contribution >= 0.6 is 0 Å². The van der Waals surface area contributed by atoms with Gasteiger partial charge in [0.05, 0.1) is 0 Å². The second-order valence-corrected chi connectivity index (χ2v) is 6.50. The van der Waals surface area contributed by atoms with Crippen molar-refractivity contribution < 1.29 is 4.74 Å². The molecule has 0 bridgehead atoms. The Morgan fingerprint density at radius 2 is 1.69 bits per heavy atom. The third-order valence-corrected chi connectivity index (χ3v) is 4.72. The van der Waals surface area contributed by atoms with E-state index in [4.69, 9.17) is 4.74 Å². The smallest absolute Gasteiger partial charge is 0.0471 e. The van der Waals surface area contributed by atoms with E-state index in [-0.39, 0.29) is 0 Å². The summed E-state index contributed by atoms with van der Waals surface area (Å²) in [4.78, 5) is 0. The average molecular weight is 223 g/mol. The van der Waals surface area contributed by atoms with Crippen LogP contribution < -0.4 is 5.32 Å². The van der Waals surface area contributed by atoms with Gasteiger partial charge < -0.3 is 10.1 Å². The zero-order valence-corrected chi connectivity index (χ0v) is 10.5. The van der Waals surface area contributed by atoms with Gasteiger partial charge in [-0.2, -0.15) is 0 Å². The molecule has 3 rings (SSSR count). The summed E-state index contributed by atoms with van der Waals surface area (Å²) in [5.41, 5.74) is 0.500. The van der Waals surface area contributed by atoms with Gasteiger partial charge in [-0.05, 0) is 55.8 Å². The molecule has 2 nitrogen and oxygen atoms in total. The van der Waals surface area contributed by atoms with Gasteiger partial charge in [-0.3, -0.25) is 0 Å². The van der Waals surface area contributed by atoms with E-state index >= 15 is 0 Å². The minimum Gasteiger partial charge on any atom is -0.381 e. The number of hydrogen-bond acceptors (Lipinski definition) is 2. The van der Waals surface area contributed by atoms with E-state index in [9.17, 15) is 0 Å². The first-order valence-corrected chi connectivity index (χ1v) is 7.08. The SMILES string of the molecule is CC1(CNC(C2CC2)C2CC2)CCOCC1. The van der Waals surface area contributed by atoms with Gasteiger partial charge in [0.2, 0.25) is 0 Å². The second kappa shape index (κ2) is 4.30. The molecule has 2 heteroatoms. The maximum Gasteiger partial charge on any atom is 0.0471 e. The zero-order valence-electron chi connectivity index (χ0n) is 10.5. The van der Waals surface area contributed by atoms with Crippen molar-refractivity contribution in [2.45, 2.75) is 51.5 Å². The Balaban J connectivity index is 1.49. The summed E-state index contributed by atoms with van der Waals surface area (Å²) in [6.45, 7) is 5.58. The van der Waals surface area contributed by atoms with Crippen molar-refractivity contribution in [3.05, 3.63) is 0 Å². The first kappa shape index (κ1) is 11.0. The molecule has 0 aromatic carbocycles. The molecular weight excluding hydrogens is 198 g/mol. The van der Waals surface area contributed by atoms with Crippen molar-refractivity contribution in [1.29, 1.82) is 0 Å². The Morgan fingerprint density at radius 1 is 1.12 bits per heavy atom. The van der Waals surface area contributed by atoms with Crippen LogP contribution in [-0.4, -0.2) is 25.8 Å². The van der Waals surface area contributed by atoms with Crippen molar-refractivity contribution in [1.82, 2.24) is 5.32 Å². The molecule has 16 heavy (non-hydrogen) atoms. The molecule has 0 amide bonds. The van der Waals surface area contributed by atoms with E-state index in [0.29, 0.717) is 5.41 Å². The minimum absolute atomic E-state index is 0.500. The molecule has 0 unspecified atom stereocenters. The summed E-state index contributed by atoms with van der Waals surface area (Å²) in [7, 11) is 0. The molecule has 0 aromatic rings. The first-order chi connectivity index (χ1) is 7.77. The lowest BCUT2D eigenvalue weighted by Crippen LogP contribution is -2.43. The largest absolute Gasteiger partial charge is 0.381 e. The molecule has 1 heterocycles. The summed E-state index contributed by atoms with van der Waals surface area (Å²) in [6.07, 6.45) is 8.40. The highest BCUT2D eigenvalue weighted by atomic mass is 16.5. The molecule has 0 radical (unpaired) electrons. The van der Waals surface area contributed by atoms with Crippen LogP contribution in [0.15, 0.2) is 0 Å². The zero-order chi connectivity index (χ0) is 11.0. The Kier molecular flexibility index (Phi) is 2.97. The lowest BCUT2D eigenvalue weighted by molar-refractivity contribution is 0.0222. The standard InChI is InChI=1S/C14H25NO/c1-14(6-8-16-9-7-14)10-15-13(11-2-3-11)12-4-5-12/h11-13,15H,2-10H2,1H3. The van der Waals surface area contributed by atoms with Crippen LogP contribution in [0.3, 0.4) is 0 Å². The van der Waals surface area contributed by atoms with Gasteiger partial charge in [-0.15, -0.1) is 0 Å². The van der Waals surface area contributed by atoms with E-state index in [0.717, 1.165) is 31.1 Å². The van der Waals surface area contributed by atoms with Gasteiger partial charge in [-0.25, -0.2) is 0 Å². The fourth-order valence-corrected chi connectivity index (χ4v) is 3.03. The molecule has 0 atom stereocenters. The van der Waals surface area contributed by atoms with Gasteiger partial charge in [0.1, 0.15) is 0 Å². The lowest BCUT2D eigenvalue weighted by Gasteiger charge is -2.35. The number of ether oxygens (including phenoxy) is 1. The molecule has 1 N–H and O–H groups in total. The normalized spacial score (nSPS) is 29.6. The summed E-state index contributed by atoms with van der Waals surface area (Å²) in [5.74, 6) is 2.05. The predicted molar refractivity (Wildman–Crippen MR) is 65.4 cm³/mol. The molecule has 0 aromatic heterocycles. The molecule has 0 spiro atoms. The van der Waals surface area contributed by atoms with Crippen LogP contribution in [0.4, 0.5) is 0 Å². The Hall–Kier alpha value is -0.0800. The summed E-state index contributed by atoms with van der Waals surface area (Å²) in [5, 5.41) is 3.90. The minimum atomic E-state index is 0.500. The molecule has 2 aliphatic carbocycles. The monoisotopic (exact) mass is 223 g/mol. The van der Waals surface area contributed by atoms with Crippen LogP contribution in [0.2, 0.25) is 0 Å². The topological polar surface area (TPSA) is 21.3 Å². The summed E-state index contributed by atoms with van der Waals surface area (Å²) >= 11 is 0. The van der Waals surface area contributed by atoms with E-state index in [1.807, 2.05) is 0 Å². The molecule has 2 saturated carbocycles. The summed E-state index contributed by atoms with van der Waals surface area (Å²) < 4.78 is 5.46. The third kappa shape index (κ3) is 2.60. The first-order valence-electron chi connectivity index (χ1n) is 7.08. The fraction of sp³-hybridized carbons (Fsp3) is 1.00. The van der Waals surface area contributed by atoms with Crippen LogP contribution in [0.1, 0.15) is 45.4 Å². The van der Waals surface area contributed by atoms with Crippen LogP contribution in [0, 0.1) is 17.3 Å². The molecule has 3 fully saturated rings. The van der Waals surface area contributed by atoms with Gasteiger partial charge in [-0.1, -0.05) is 6.92 Å². The Morgan fingerprint density at radius 3 is 2.19 bits per heavy atom. The quantitative estimate of drug-likeness (QED) is 0.773. The van der Waals surface area contributed by atoms with Crippen LogP contribution in [0.5, 0.6) is 0 Å². The Labute approximate surface area is 99.1 Å². The molecule has 92 valence electrons. The van der Waals surface area contributed by atoms with Gasteiger partial charge in [0.15, 0.2) is 0 Å². The maximum absolute atomic E-state index is 5.46. The molecule has 1 aliphatic heterocycles. The highest BCUT2D eigenvalue weighted by Crippen LogP contribution is 2.45. The highest BCUT2D eigenvalue weighted by Gasteiger charge is 2.42. The van der Waals surface area contributed by atoms with Crippen molar-refractivity contribution in [2.24, 2.45) is 17.3 Å². The van der Waals surface area contributed by atoms with Gasteiger partial charge in [0.25, 0.3) is 0 Å². The third-order valence-electron chi connectivity index (χ3n) is 4.72. The van der Waals surface area contributed by atoms with Crippen LogP contribution in [0.25, 0.3) is 0 Å². The Bertz CT molecular complexity index is 227. The van der Waals surface area contributed by atoms with Crippen molar-refractivity contribution >= 4 is 0 Å². The lowest BCUT2D eigenvalue weighted by atomic mass is 9.82. The van der Waals surface area contributed by atoms with Crippen molar-refractivity contribution in [2.75, 3.05) is 19.8 Å². The van der Waals surface area contributed by atoms with Gasteiger partial charge >= 0.3 is 0 Å². The predicted octanol–water partition coefficient (Wildman–Crippen LogP) is 2.58. The van der Waals surface area contributed by atoms with Gasteiger partial charge in [0, 0.05) is 25.8 Å². The van der Waals surface area contributed by atoms with E-state index in [1.165, 1.54) is 45.1 Å². The number of rotatable bonds is 5.